The molecule has 2 aromatic heterocycles. The summed E-state index contributed by atoms with van der Waals surface area (Å²) in [5, 5.41) is 13.4. The average Bonchev–Trinajstić information content (AvgIpc) is 3.60. The van der Waals surface area contributed by atoms with Crippen molar-refractivity contribution in [2.75, 3.05) is 11.9 Å². The van der Waals surface area contributed by atoms with E-state index in [0.717, 1.165) is 10.6 Å². The molecule has 0 spiro atoms. The molecular weight excluding hydrogens is 631 g/mol. The molecule has 12 nitrogen and oxygen atoms in total. The smallest absolute Gasteiger partial charge is 0.408 e. The molecule has 5 rings (SSSR count). The number of alkyl carbamates (subject to hydrolysis) is 1. The summed E-state index contributed by atoms with van der Waals surface area (Å²) < 4.78 is 50.8. The highest BCUT2D eigenvalue weighted by molar-refractivity contribution is 6.34. The molecular formula is C30H31ClF3N7O5. The van der Waals surface area contributed by atoms with E-state index in [1.54, 1.807) is 50.8 Å². The Hall–Kier alpha value is -4.79. The summed E-state index contributed by atoms with van der Waals surface area (Å²) in [4.78, 5) is 52.0. The Morgan fingerprint density at radius 1 is 1.02 bits per heavy atom. The van der Waals surface area contributed by atoms with E-state index in [9.17, 15) is 32.3 Å². The van der Waals surface area contributed by atoms with Crippen LogP contribution in [0.15, 0.2) is 46.1 Å². The fraction of sp³-hybridized carbons (Fsp3) is 0.367. The molecule has 0 unspecified atom stereocenters. The zero-order valence-corrected chi connectivity index (χ0v) is 26.1. The number of halogens is 4. The minimum Gasteiger partial charge on any atom is -0.444 e. The predicted molar refractivity (Wildman–Crippen MR) is 164 cm³/mol. The van der Waals surface area contributed by atoms with Gasteiger partial charge in [-0.05, 0) is 51.8 Å². The largest absolute Gasteiger partial charge is 0.444 e. The maximum atomic E-state index is 14.7. The van der Waals surface area contributed by atoms with Crippen molar-refractivity contribution in [2.24, 2.45) is 7.05 Å². The number of carbonyl (C=O) groups excluding carboxylic acids is 2. The van der Waals surface area contributed by atoms with Gasteiger partial charge in [-0.15, -0.1) is 0 Å². The van der Waals surface area contributed by atoms with Crippen LogP contribution in [0.25, 0.3) is 10.9 Å². The number of hydrogen-bond donors (Lipinski definition) is 3. The Labute approximate surface area is 265 Å². The number of aromatic nitrogens is 4. The highest BCUT2D eigenvalue weighted by Gasteiger charge is 2.45. The van der Waals surface area contributed by atoms with Crippen molar-refractivity contribution < 1.29 is 27.5 Å². The summed E-state index contributed by atoms with van der Waals surface area (Å²) in [5.74, 6) is -4.76. The van der Waals surface area contributed by atoms with E-state index in [4.69, 9.17) is 16.3 Å². The lowest BCUT2D eigenvalue weighted by Crippen LogP contribution is -2.49. The number of nitrogens with one attached hydrogen (secondary N) is 3. The first-order chi connectivity index (χ1) is 21.5. The van der Waals surface area contributed by atoms with Gasteiger partial charge < -0.3 is 20.7 Å². The minimum absolute atomic E-state index is 0.0169. The van der Waals surface area contributed by atoms with E-state index in [0.29, 0.717) is 40.4 Å². The van der Waals surface area contributed by atoms with Crippen LogP contribution in [0.4, 0.5) is 29.5 Å². The molecule has 2 amide bonds. The van der Waals surface area contributed by atoms with Crippen molar-refractivity contribution in [3.8, 4) is 0 Å². The summed E-state index contributed by atoms with van der Waals surface area (Å²) in [7, 11) is 1.72. The van der Waals surface area contributed by atoms with Crippen LogP contribution in [-0.4, -0.2) is 48.6 Å². The SMILES string of the molecule is Cn1cc2cc(Nc3cc(=O)n(CC(=O)NCC4(NC(=O)OC(C)(C)C)CC4)c(=O)n3Cc3cc(F)c(F)cc3F)c(Cl)cc2n1. The second kappa shape index (κ2) is 12.2. The number of carbonyl (C=O) groups is 2. The standard InChI is InChI=1S/C30H31ClF3N7O5/c1-29(2,3)46-27(44)37-30(5-6-30)15-35-25(42)14-41-26(43)11-24(36-23-8-17-12-39(4)38-22(17)9-18(23)31)40(28(41)45)13-16-7-20(33)21(34)10-19(16)32/h7-12,36H,5-6,13-15H2,1-4H3,(H,35,42)(H,37,44). The predicted octanol–water partition coefficient (Wildman–Crippen LogP) is 3.93. The number of nitrogens with zero attached hydrogens (tertiary/aromatic N) is 4. The van der Waals surface area contributed by atoms with Gasteiger partial charge in [0.05, 0.1) is 28.3 Å². The molecule has 1 aliphatic carbocycles. The number of ether oxygens (including phenoxy) is 1. The Balaban J connectivity index is 1.43. The van der Waals surface area contributed by atoms with E-state index in [1.165, 1.54) is 0 Å². The first-order valence-corrected chi connectivity index (χ1v) is 14.6. The highest BCUT2D eigenvalue weighted by atomic mass is 35.5. The maximum absolute atomic E-state index is 14.7. The van der Waals surface area contributed by atoms with Gasteiger partial charge in [-0.2, -0.15) is 5.10 Å². The van der Waals surface area contributed by atoms with Crippen LogP contribution in [0, 0.1) is 17.5 Å². The number of rotatable bonds is 9. The molecule has 46 heavy (non-hydrogen) atoms. The first-order valence-electron chi connectivity index (χ1n) is 14.2. The zero-order chi connectivity index (χ0) is 33.6. The molecule has 3 N–H and O–H groups in total. The minimum atomic E-state index is -1.42. The highest BCUT2D eigenvalue weighted by Crippen LogP contribution is 2.35. The number of anilines is 2. The van der Waals surface area contributed by atoms with Crippen molar-refractivity contribution in [3.63, 3.8) is 0 Å². The van der Waals surface area contributed by atoms with Gasteiger partial charge in [0.25, 0.3) is 5.56 Å². The number of aryl methyl sites for hydroxylation is 1. The van der Waals surface area contributed by atoms with Gasteiger partial charge in [-0.3, -0.25) is 23.4 Å². The van der Waals surface area contributed by atoms with Crippen LogP contribution < -0.4 is 27.2 Å². The van der Waals surface area contributed by atoms with Gasteiger partial charge in [-0.1, -0.05) is 11.6 Å². The van der Waals surface area contributed by atoms with Crippen LogP contribution in [0.3, 0.4) is 0 Å². The van der Waals surface area contributed by atoms with Crippen molar-refractivity contribution in [2.45, 2.75) is 57.8 Å². The lowest BCUT2D eigenvalue weighted by molar-refractivity contribution is -0.122. The summed E-state index contributed by atoms with van der Waals surface area (Å²) in [6.45, 7) is 3.81. The second-order valence-corrected chi connectivity index (χ2v) is 12.6. The number of fused-ring (bicyclic) bond motifs is 1. The molecule has 0 atom stereocenters. The summed E-state index contributed by atoms with van der Waals surface area (Å²) >= 11 is 6.44. The third-order valence-electron chi connectivity index (χ3n) is 7.21. The van der Waals surface area contributed by atoms with E-state index in [-0.39, 0.29) is 23.1 Å². The normalized spacial score (nSPS) is 13.8. The van der Waals surface area contributed by atoms with Crippen LogP contribution >= 0.6 is 11.6 Å². The molecule has 1 fully saturated rings. The number of hydrogen-bond acceptors (Lipinski definition) is 7. The number of benzene rings is 2. The van der Waals surface area contributed by atoms with Gasteiger partial charge >= 0.3 is 11.8 Å². The van der Waals surface area contributed by atoms with Crippen LogP contribution in [0.5, 0.6) is 0 Å². The van der Waals surface area contributed by atoms with E-state index in [2.05, 4.69) is 21.0 Å². The lowest BCUT2D eigenvalue weighted by Gasteiger charge is -2.23. The van der Waals surface area contributed by atoms with E-state index < -0.39 is 70.5 Å². The molecule has 4 aromatic rings. The maximum Gasteiger partial charge on any atom is 0.408 e. The molecule has 0 bridgehead atoms. The van der Waals surface area contributed by atoms with Crippen LogP contribution in [0.2, 0.25) is 5.02 Å². The van der Waals surface area contributed by atoms with Crippen LogP contribution in [0.1, 0.15) is 39.2 Å². The average molecular weight is 662 g/mol. The Morgan fingerprint density at radius 3 is 2.39 bits per heavy atom. The topological polar surface area (TPSA) is 141 Å². The fourth-order valence-electron chi connectivity index (χ4n) is 4.76. The molecule has 0 saturated heterocycles. The second-order valence-electron chi connectivity index (χ2n) is 12.2. The Bertz CT molecular complexity index is 1980. The van der Waals surface area contributed by atoms with Crippen LogP contribution in [-0.2, 0) is 29.7 Å². The van der Waals surface area contributed by atoms with Crippen molar-refractivity contribution in [1.29, 1.82) is 0 Å². The monoisotopic (exact) mass is 661 g/mol. The van der Waals surface area contributed by atoms with Gasteiger partial charge in [0.1, 0.15) is 23.8 Å². The third kappa shape index (κ3) is 7.36. The summed E-state index contributed by atoms with van der Waals surface area (Å²) in [6.07, 6.45) is 2.22. The van der Waals surface area contributed by atoms with Gasteiger partial charge in [0.2, 0.25) is 5.91 Å². The summed E-state index contributed by atoms with van der Waals surface area (Å²) in [5.41, 5.74) is -2.91. The molecule has 16 heteroatoms. The summed E-state index contributed by atoms with van der Waals surface area (Å²) in [6, 6.07) is 5.13. The van der Waals surface area contributed by atoms with Crippen molar-refractivity contribution >= 4 is 46.0 Å². The first kappa shape index (κ1) is 32.6. The van der Waals surface area contributed by atoms with Gasteiger partial charge in [0, 0.05) is 42.9 Å². The molecule has 1 saturated carbocycles. The Kier molecular flexibility index (Phi) is 8.64. The van der Waals surface area contributed by atoms with Crippen molar-refractivity contribution in [1.82, 2.24) is 29.5 Å². The molecule has 2 aromatic carbocycles. The zero-order valence-electron chi connectivity index (χ0n) is 25.3. The third-order valence-corrected chi connectivity index (χ3v) is 7.53. The molecule has 2 heterocycles. The fourth-order valence-corrected chi connectivity index (χ4v) is 4.97. The van der Waals surface area contributed by atoms with Crippen molar-refractivity contribution in [3.05, 3.63) is 85.4 Å². The molecule has 0 radical (unpaired) electrons. The molecule has 1 aliphatic rings. The van der Waals surface area contributed by atoms with Gasteiger partial charge in [0.15, 0.2) is 11.6 Å². The van der Waals surface area contributed by atoms with E-state index >= 15 is 0 Å². The molecule has 244 valence electrons. The van der Waals surface area contributed by atoms with E-state index in [1.807, 2.05) is 0 Å². The quantitative estimate of drug-likeness (QED) is 0.231. The van der Waals surface area contributed by atoms with Gasteiger partial charge in [-0.25, -0.2) is 22.8 Å². The number of amides is 2. The molecule has 0 aliphatic heterocycles. The Morgan fingerprint density at radius 2 is 1.72 bits per heavy atom. The lowest BCUT2D eigenvalue weighted by atomic mass is 10.2.